The topological polar surface area (TPSA) is 58.2 Å². The molecule has 0 saturated heterocycles. The van der Waals surface area contributed by atoms with E-state index in [0.29, 0.717) is 12.0 Å². The van der Waals surface area contributed by atoms with Crippen LogP contribution in [0.1, 0.15) is 38.8 Å². The third-order valence-corrected chi connectivity index (χ3v) is 3.20. The fourth-order valence-electron chi connectivity index (χ4n) is 2.18. The van der Waals surface area contributed by atoms with E-state index in [1.807, 2.05) is 0 Å². The van der Waals surface area contributed by atoms with Crippen LogP contribution in [0.3, 0.4) is 0 Å². The predicted molar refractivity (Wildman–Crippen MR) is 80.6 cm³/mol. The minimum absolute atomic E-state index is 0.312. The van der Waals surface area contributed by atoms with Gasteiger partial charge in [0, 0.05) is 12.5 Å². The summed E-state index contributed by atoms with van der Waals surface area (Å²) in [7, 11) is 0. The normalized spacial score (nSPS) is 13.3. The van der Waals surface area contributed by atoms with Crippen LogP contribution in [0.2, 0.25) is 0 Å². The Balaban J connectivity index is 2.71. The smallest absolute Gasteiger partial charge is 0.349 e. The van der Waals surface area contributed by atoms with E-state index >= 15 is 0 Å². The van der Waals surface area contributed by atoms with Gasteiger partial charge < -0.3 is 10.6 Å². The molecule has 1 rings (SSSR count). The Morgan fingerprint density at radius 2 is 1.65 bits per heavy atom. The minimum Gasteiger partial charge on any atom is -0.349 e. The highest BCUT2D eigenvalue weighted by molar-refractivity contribution is 5.86. The van der Waals surface area contributed by atoms with Gasteiger partial charge in [-0.3, -0.25) is 9.59 Å². The van der Waals surface area contributed by atoms with E-state index in [1.165, 1.54) is 19.1 Å². The van der Waals surface area contributed by atoms with Gasteiger partial charge in [-0.05, 0) is 44.9 Å². The Hall–Kier alpha value is -2.05. The van der Waals surface area contributed by atoms with Crippen molar-refractivity contribution in [3.63, 3.8) is 0 Å². The third-order valence-electron chi connectivity index (χ3n) is 3.20. The fourth-order valence-corrected chi connectivity index (χ4v) is 2.18. The second kappa shape index (κ2) is 7.02. The first-order valence-corrected chi connectivity index (χ1v) is 7.16. The molecule has 128 valence electrons. The molecule has 4 nitrogen and oxygen atoms in total. The number of nitrogens with one attached hydrogen (secondary N) is 2. The summed E-state index contributed by atoms with van der Waals surface area (Å²) in [6.45, 7) is 6.41. The Labute approximate surface area is 133 Å². The number of rotatable bonds is 5. The maximum atomic E-state index is 12.5. The molecule has 2 N–H and O–H groups in total. The van der Waals surface area contributed by atoms with E-state index in [-0.39, 0.29) is 11.8 Å². The third kappa shape index (κ3) is 6.30. The highest BCUT2D eigenvalue weighted by atomic mass is 19.4. The van der Waals surface area contributed by atoms with Crippen LogP contribution in [0.25, 0.3) is 0 Å². The zero-order valence-corrected chi connectivity index (χ0v) is 13.5. The first-order chi connectivity index (χ1) is 10.4. The molecule has 1 aromatic carbocycles. The van der Waals surface area contributed by atoms with Gasteiger partial charge in [-0.2, -0.15) is 13.2 Å². The summed E-state index contributed by atoms with van der Waals surface area (Å²) in [6, 6.07) is 4.15. The minimum atomic E-state index is -4.37. The average Bonchev–Trinajstić information content (AvgIpc) is 2.36. The number of amides is 2. The van der Waals surface area contributed by atoms with Crippen LogP contribution in [0.5, 0.6) is 0 Å². The number of alkyl halides is 3. The molecule has 0 unspecified atom stereocenters. The average molecular weight is 330 g/mol. The molecular formula is C16H21F3N2O2. The number of carbonyl (C=O) groups excluding carboxylic acids is 2. The Kier molecular flexibility index (Phi) is 5.80. The molecule has 0 aliphatic heterocycles. The van der Waals surface area contributed by atoms with E-state index in [1.54, 1.807) is 20.8 Å². The second-order valence-electron chi connectivity index (χ2n) is 6.17. The lowest BCUT2D eigenvalue weighted by Crippen LogP contribution is -2.52. The zero-order chi connectivity index (χ0) is 17.8. The molecule has 0 spiro atoms. The molecule has 0 aromatic heterocycles. The van der Waals surface area contributed by atoms with E-state index in [4.69, 9.17) is 0 Å². The van der Waals surface area contributed by atoms with Crippen molar-refractivity contribution in [3.05, 3.63) is 35.4 Å². The monoisotopic (exact) mass is 330 g/mol. The van der Waals surface area contributed by atoms with Crippen LogP contribution in [0.4, 0.5) is 13.2 Å². The number of hydrogen-bond acceptors (Lipinski definition) is 2. The van der Waals surface area contributed by atoms with Crippen LogP contribution in [0.15, 0.2) is 24.3 Å². The van der Waals surface area contributed by atoms with Crippen molar-refractivity contribution in [1.29, 1.82) is 0 Å². The lowest BCUT2D eigenvalue weighted by atomic mass is 9.94. The van der Waals surface area contributed by atoms with E-state index in [2.05, 4.69) is 10.6 Å². The van der Waals surface area contributed by atoms with Crippen molar-refractivity contribution in [2.75, 3.05) is 0 Å². The first kappa shape index (κ1) is 19.0. The van der Waals surface area contributed by atoms with Crippen molar-refractivity contribution < 1.29 is 22.8 Å². The lowest BCUT2D eigenvalue weighted by Gasteiger charge is -2.28. The molecule has 0 bridgehead atoms. The van der Waals surface area contributed by atoms with E-state index in [0.717, 1.165) is 12.1 Å². The van der Waals surface area contributed by atoms with Crippen molar-refractivity contribution in [2.45, 2.75) is 51.9 Å². The van der Waals surface area contributed by atoms with Gasteiger partial charge in [-0.15, -0.1) is 0 Å². The molecule has 0 aliphatic rings. The Morgan fingerprint density at radius 1 is 1.13 bits per heavy atom. The maximum absolute atomic E-state index is 12.5. The molecule has 7 heteroatoms. The number of benzene rings is 1. The van der Waals surface area contributed by atoms with Gasteiger partial charge in [0.1, 0.15) is 6.04 Å². The second-order valence-corrected chi connectivity index (χ2v) is 6.17. The predicted octanol–water partition coefficient (Wildman–Crippen LogP) is 2.67. The molecular weight excluding hydrogens is 309 g/mol. The Bertz CT molecular complexity index is 566. The van der Waals surface area contributed by atoms with Crippen molar-refractivity contribution in [1.82, 2.24) is 10.6 Å². The summed E-state index contributed by atoms with van der Waals surface area (Å²) in [6.07, 6.45) is -4.00. The summed E-state index contributed by atoms with van der Waals surface area (Å²) in [5.41, 5.74) is -0.693. The quantitative estimate of drug-likeness (QED) is 0.872. The van der Waals surface area contributed by atoms with Gasteiger partial charge in [0.2, 0.25) is 11.8 Å². The molecule has 23 heavy (non-hydrogen) atoms. The lowest BCUT2D eigenvalue weighted by molar-refractivity contribution is -0.137. The molecule has 0 saturated carbocycles. The van der Waals surface area contributed by atoms with Crippen LogP contribution in [-0.4, -0.2) is 23.4 Å². The highest BCUT2D eigenvalue weighted by Gasteiger charge is 2.30. The molecule has 1 atom stereocenters. The Morgan fingerprint density at radius 3 is 2.09 bits per heavy atom. The fraction of sp³-hybridized carbons (Fsp3) is 0.500. The zero-order valence-electron chi connectivity index (χ0n) is 13.5. The van der Waals surface area contributed by atoms with E-state index < -0.39 is 23.3 Å². The number of carbonyl (C=O) groups is 2. The van der Waals surface area contributed by atoms with Gasteiger partial charge in [-0.1, -0.05) is 12.1 Å². The van der Waals surface area contributed by atoms with Gasteiger partial charge in [0.05, 0.1) is 5.56 Å². The molecule has 0 aliphatic carbocycles. The summed E-state index contributed by atoms with van der Waals surface area (Å²) in [5.74, 6) is -0.662. The van der Waals surface area contributed by atoms with Gasteiger partial charge in [0.25, 0.3) is 0 Å². The number of halogens is 3. The number of hydrogen-bond donors (Lipinski definition) is 2. The van der Waals surface area contributed by atoms with Crippen LogP contribution >= 0.6 is 0 Å². The van der Waals surface area contributed by atoms with Crippen LogP contribution < -0.4 is 10.6 Å². The van der Waals surface area contributed by atoms with Gasteiger partial charge in [0.15, 0.2) is 0 Å². The molecule has 1 aromatic rings. The summed E-state index contributed by atoms with van der Waals surface area (Å²) in [4.78, 5) is 22.9. The van der Waals surface area contributed by atoms with Crippen molar-refractivity contribution in [3.8, 4) is 0 Å². The molecule has 0 radical (unpaired) electrons. The van der Waals surface area contributed by atoms with Gasteiger partial charge >= 0.3 is 6.18 Å². The van der Waals surface area contributed by atoms with Crippen molar-refractivity contribution >= 4 is 11.8 Å². The standard InChI is InChI=1S/C16H21F3N2O2/c1-10(20-11(2)22)14(23)21-15(3,4)9-12-5-7-13(8-6-12)16(17,18)19/h5-8,10H,9H2,1-4H3,(H,20,22)(H,21,23)/t10-/m1/s1. The molecule has 0 fully saturated rings. The largest absolute Gasteiger partial charge is 0.416 e. The molecule has 0 heterocycles. The summed E-state index contributed by atoms with van der Waals surface area (Å²) in [5, 5.41) is 5.26. The first-order valence-electron chi connectivity index (χ1n) is 7.16. The maximum Gasteiger partial charge on any atom is 0.416 e. The van der Waals surface area contributed by atoms with Crippen molar-refractivity contribution in [2.24, 2.45) is 0 Å². The van der Waals surface area contributed by atoms with Gasteiger partial charge in [-0.25, -0.2) is 0 Å². The summed E-state index contributed by atoms with van der Waals surface area (Å²) >= 11 is 0. The molecule has 2 amide bonds. The van der Waals surface area contributed by atoms with Crippen LogP contribution in [0, 0.1) is 0 Å². The SMILES string of the molecule is CC(=O)N[C@H](C)C(=O)NC(C)(C)Cc1ccc(C(F)(F)F)cc1. The van der Waals surface area contributed by atoms with E-state index in [9.17, 15) is 22.8 Å². The highest BCUT2D eigenvalue weighted by Crippen LogP contribution is 2.29. The van der Waals surface area contributed by atoms with Crippen LogP contribution in [-0.2, 0) is 22.2 Å². The summed E-state index contributed by atoms with van der Waals surface area (Å²) < 4.78 is 37.6.